The van der Waals surface area contributed by atoms with Crippen molar-refractivity contribution in [2.24, 2.45) is 0 Å². The number of nitrogens with zero attached hydrogens (tertiary/aromatic N) is 3. The Balaban J connectivity index is 2.03. The number of aromatic nitrogens is 2. The van der Waals surface area contributed by atoms with E-state index in [0.29, 0.717) is 19.0 Å². The van der Waals surface area contributed by atoms with Gasteiger partial charge in [-0.15, -0.1) is 0 Å². The highest BCUT2D eigenvalue weighted by Crippen LogP contribution is 2.29. The number of fused-ring (bicyclic) bond motifs is 1. The van der Waals surface area contributed by atoms with Gasteiger partial charge in [0.15, 0.2) is 0 Å². The van der Waals surface area contributed by atoms with Gasteiger partial charge in [0.05, 0.1) is 6.61 Å². The van der Waals surface area contributed by atoms with Crippen molar-refractivity contribution in [2.75, 3.05) is 18.1 Å². The molecule has 3 rings (SSSR count). The number of carbonyl (C=O) groups excluding carboxylic acids is 1. The summed E-state index contributed by atoms with van der Waals surface area (Å²) in [6, 6.07) is 7.94. The van der Waals surface area contributed by atoms with Crippen LogP contribution in [0.5, 0.6) is 0 Å². The fourth-order valence-electron chi connectivity index (χ4n) is 2.62. The minimum absolute atomic E-state index is 0.0165. The third kappa shape index (κ3) is 2.36. The van der Waals surface area contributed by atoms with E-state index in [4.69, 9.17) is 4.74 Å². The van der Waals surface area contributed by atoms with Crippen LogP contribution in [0, 0.1) is 6.92 Å². The van der Waals surface area contributed by atoms with E-state index >= 15 is 0 Å². The topological polar surface area (TPSA) is 64.4 Å². The summed E-state index contributed by atoms with van der Waals surface area (Å²) < 4.78 is 6.71. The first kappa shape index (κ1) is 14.3. The molecule has 0 spiro atoms. The second-order valence-electron chi connectivity index (χ2n) is 5.11. The summed E-state index contributed by atoms with van der Waals surface area (Å²) in [5.74, 6) is -0.0583. The fraction of sp³-hybridized carbons (Fsp3) is 0.312. The Hall–Kier alpha value is -2.63. The van der Waals surface area contributed by atoms with Crippen LogP contribution in [-0.2, 0) is 11.3 Å². The Morgan fingerprint density at radius 2 is 2.09 bits per heavy atom. The molecule has 1 aliphatic rings. The lowest BCUT2D eigenvalue weighted by molar-refractivity contribution is 0.0523. The normalized spacial score (nSPS) is 13.1. The van der Waals surface area contributed by atoms with Gasteiger partial charge in [-0.2, -0.15) is 4.98 Å². The average Bonchev–Trinajstić information content (AvgIpc) is 2.90. The summed E-state index contributed by atoms with van der Waals surface area (Å²) in [6.07, 6.45) is 1.54. The predicted octanol–water partition coefficient (Wildman–Crippen LogP) is 1.88. The van der Waals surface area contributed by atoms with Gasteiger partial charge in [0, 0.05) is 25.0 Å². The minimum Gasteiger partial charge on any atom is -0.462 e. The van der Waals surface area contributed by atoms with E-state index in [0.717, 1.165) is 11.3 Å². The highest BCUT2D eigenvalue weighted by atomic mass is 16.5. The second-order valence-corrected chi connectivity index (χ2v) is 5.11. The van der Waals surface area contributed by atoms with Gasteiger partial charge >= 0.3 is 5.97 Å². The summed E-state index contributed by atoms with van der Waals surface area (Å²) >= 11 is 0. The molecule has 2 aromatic rings. The monoisotopic (exact) mass is 299 g/mol. The Bertz CT molecular complexity index is 782. The van der Waals surface area contributed by atoms with Crippen LogP contribution in [0.1, 0.15) is 22.8 Å². The van der Waals surface area contributed by atoms with E-state index in [9.17, 15) is 9.59 Å². The molecule has 1 aliphatic heterocycles. The molecule has 0 fully saturated rings. The summed E-state index contributed by atoms with van der Waals surface area (Å²) in [5.41, 5.74) is 1.56. The fourth-order valence-corrected chi connectivity index (χ4v) is 2.62. The summed E-state index contributed by atoms with van der Waals surface area (Å²) in [5, 5.41) is 0. The van der Waals surface area contributed by atoms with Gasteiger partial charge in [0.25, 0.3) is 5.56 Å². The number of rotatable bonds is 3. The zero-order chi connectivity index (χ0) is 15.7. The third-order valence-electron chi connectivity index (χ3n) is 3.68. The first-order valence-corrected chi connectivity index (χ1v) is 7.23. The van der Waals surface area contributed by atoms with Gasteiger partial charge in [-0.05, 0) is 25.5 Å². The molecule has 0 saturated carbocycles. The van der Waals surface area contributed by atoms with Crippen LogP contribution < -0.4 is 10.5 Å². The van der Waals surface area contributed by atoms with E-state index in [2.05, 4.69) is 4.98 Å². The molecule has 1 aromatic heterocycles. The number of hydrogen-bond acceptors (Lipinski definition) is 5. The first-order valence-electron chi connectivity index (χ1n) is 7.23. The van der Waals surface area contributed by atoms with Gasteiger partial charge < -0.3 is 14.2 Å². The number of para-hydroxylation sites is 1. The summed E-state index contributed by atoms with van der Waals surface area (Å²) in [4.78, 5) is 30.0. The molecule has 2 heterocycles. The number of esters is 1. The molecule has 0 unspecified atom stereocenters. The maximum Gasteiger partial charge on any atom is 0.345 e. The summed E-state index contributed by atoms with van der Waals surface area (Å²) in [6.45, 7) is 5.33. The number of ether oxygens (including phenoxy) is 1. The molecule has 6 nitrogen and oxygen atoms in total. The third-order valence-corrected chi connectivity index (χ3v) is 3.68. The second kappa shape index (κ2) is 5.63. The number of benzene rings is 1. The van der Waals surface area contributed by atoms with Crippen molar-refractivity contribution >= 4 is 17.6 Å². The molecule has 0 amide bonds. The molecule has 0 aliphatic carbocycles. The van der Waals surface area contributed by atoms with Crippen molar-refractivity contribution in [1.82, 2.24) is 9.55 Å². The van der Waals surface area contributed by atoms with Crippen LogP contribution in [0.2, 0.25) is 0 Å². The van der Waals surface area contributed by atoms with Crippen molar-refractivity contribution in [1.29, 1.82) is 0 Å². The SMILES string of the molecule is CCOC(=O)c1cn2c(nc1=O)N(c1ccccc1C)CC2. The van der Waals surface area contributed by atoms with E-state index in [1.807, 2.05) is 40.7 Å². The highest BCUT2D eigenvalue weighted by molar-refractivity contribution is 5.88. The molecule has 0 atom stereocenters. The van der Waals surface area contributed by atoms with Crippen LogP contribution in [0.3, 0.4) is 0 Å². The van der Waals surface area contributed by atoms with Crippen LogP contribution in [0.15, 0.2) is 35.3 Å². The molecule has 6 heteroatoms. The van der Waals surface area contributed by atoms with Gasteiger partial charge in [0.2, 0.25) is 5.95 Å². The van der Waals surface area contributed by atoms with Crippen LogP contribution in [0.25, 0.3) is 0 Å². The maximum absolute atomic E-state index is 12.1. The van der Waals surface area contributed by atoms with Gasteiger partial charge in [0.1, 0.15) is 5.56 Å². The molecule has 0 radical (unpaired) electrons. The quantitative estimate of drug-likeness (QED) is 0.810. The standard InChI is InChI=1S/C16H17N3O3/c1-3-22-15(21)12-10-18-8-9-19(16(18)17-14(12)20)13-7-5-4-6-11(13)2/h4-7,10H,3,8-9H2,1-2H3. The molecule has 1 aromatic carbocycles. The Morgan fingerprint density at radius 1 is 1.32 bits per heavy atom. The molecule has 0 saturated heterocycles. The lowest BCUT2D eigenvalue weighted by atomic mass is 10.2. The van der Waals surface area contributed by atoms with Gasteiger partial charge in [-0.1, -0.05) is 18.2 Å². The van der Waals surface area contributed by atoms with Crippen molar-refractivity contribution in [3.63, 3.8) is 0 Å². The zero-order valence-corrected chi connectivity index (χ0v) is 12.6. The number of hydrogen-bond donors (Lipinski definition) is 0. The summed E-state index contributed by atoms with van der Waals surface area (Å²) in [7, 11) is 0. The molecule has 22 heavy (non-hydrogen) atoms. The smallest absolute Gasteiger partial charge is 0.345 e. The highest BCUT2D eigenvalue weighted by Gasteiger charge is 2.25. The van der Waals surface area contributed by atoms with Crippen LogP contribution >= 0.6 is 0 Å². The maximum atomic E-state index is 12.1. The molecule has 114 valence electrons. The first-order chi connectivity index (χ1) is 10.6. The Morgan fingerprint density at radius 3 is 2.82 bits per heavy atom. The van der Waals surface area contributed by atoms with Crippen molar-refractivity contribution in [3.05, 3.63) is 51.9 Å². The minimum atomic E-state index is -0.621. The van der Waals surface area contributed by atoms with Gasteiger partial charge in [-0.3, -0.25) is 4.79 Å². The van der Waals surface area contributed by atoms with E-state index in [-0.39, 0.29) is 12.2 Å². The zero-order valence-electron chi connectivity index (χ0n) is 12.6. The molecule has 0 N–H and O–H groups in total. The largest absolute Gasteiger partial charge is 0.462 e. The molecular formula is C16H17N3O3. The lowest BCUT2D eigenvalue weighted by Crippen LogP contribution is -2.24. The Kier molecular flexibility index (Phi) is 3.66. The number of aryl methyl sites for hydroxylation is 1. The van der Waals surface area contributed by atoms with E-state index in [1.54, 1.807) is 13.1 Å². The van der Waals surface area contributed by atoms with Crippen molar-refractivity contribution < 1.29 is 9.53 Å². The lowest BCUT2D eigenvalue weighted by Gasteiger charge is -2.19. The van der Waals surface area contributed by atoms with Gasteiger partial charge in [-0.25, -0.2) is 4.79 Å². The Labute approximate surface area is 128 Å². The molecular weight excluding hydrogens is 282 g/mol. The molecule has 0 bridgehead atoms. The van der Waals surface area contributed by atoms with E-state index in [1.165, 1.54) is 0 Å². The van der Waals surface area contributed by atoms with Crippen molar-refractivity contribution in [2.45, 2.75) is 20.4 Å². The van der Waals surface area contributed by atoms with Crippen molar-refractivity contribution in [3.8, 4) is 0 Å². The average molecular weight is 299 g/mol. The van der Waals surface area contributed by atoms with E-state index < -0.39 is 11.5 Å². The number of carbonyl (C=O) groups is 1. The van der Waals surface area contributed by atoms with Crippen LogP contribution in [0.4, 0.5) is 11.6 Å². The number of anilines is 2. The predicted molar refractivity (Wildman–Crippen MR) is 82.6 cm³/mol. The van der Waals surface area contributed by atoms with Crippen LogP contribution in [-0.4, -0.2) is 28.7 Å².